The van der Waals surface area contributed by atoms with Crippen LogP contribution in [0.15, 0.2) is 29.3 Å². The lowest BCUT2D eigenvalue weighted by Gasteiger charge is -2.24. The maximum atomic E-state index is 12.9. The van der Waals surface area contributed by atoms with Gasteiger partial charge in [-0.05, 0) is 58.1 Å². The molecule has 1 aromatic carbocycles. The molecule has 2 unspecified atom stereocenters. The highest BCUT2D eigenvalue weighted by molar-refractivity contribution is 5.98. The zero-order valence-electron chi connectivity index (χ0n) is 23.5. The van der Waals surface area contributed by atoms with E-state index < -0.39 is 53.0 Å². The van der Waals surface area contributed by atoms with Gasteiger partial charge < -0.3 is 37.5 Å². The number of nitrogens with two attached hydrogens (primary N) is 2. The van der Waals surface area contributed by atoms with E-state index >= 15 is 0 Å². The van der Waals surface area contributed by atoms with Crippen LogP contribution in [0.25, 0.3) is 0 Å². The van der Waals surface area contributed by atoms with Crippen LogP contribution in [0, 0.1) is 16.0 Å². The number of carbonyl (C=O) groups excluding carboxylic acids is 4. The fourth-order valence-electron chi connectivity index (χ4n) is 3.36. The topological polar surface area (TPSA) is 233 Å². The van der Waals surface area contributed by atoms with Gasteiger partial charge in [-0.1, -0.05) is 13.8 Å². The van der Waals surface area contributed by atoms with E-state index in [0.717, 1.165) is 0 Å². The normalized spacial score (nSPS) is 12.4. The molecule has 15 nitrogen and oxygen atoms in total. The summed E-state index contributed by atoms with van der Waals surface area (Å²) in [6.07, 6.45) is 0.0454. The number of rotatable bonds is 14. The molecule has 0 saturated carbocycles. The van der Waals surface area contributed by atoms with E-state index in [1.54, 1.807) is 20.8 Å². The molecule has 8 N–H and O–H groups in total. The molecule has 0 aliphatic rings. The molecule has 0 spiro atoms. The first-order valence-electron chi connectivity index (χ1n) is 12.7. The van der Waals surface area contributed by atoms with Crippen molar-refractivity contribution >= 4 is 41.1 Å². The Labute approximate surface area is 233 Å². The van der Waals surface area contributed by atoms with Gasteiger partial charge >= 0.3 is 6.09 Å². The molecule has 0 fully saturated rings. The summed E-state index contributed by atoms with van der Waals surface area (Å²) in [5, 5.41) is 21.0. The smallest absolute Gasteiger partial charge is 0.408 e. The third-order valence-corrected chi connectivity index (χ3v) is 5.08. The molecule has 15 heteroatoms. The number of nitrogens with zero attached hydrogens (tertiary/aromatic N) is 2. The third-order valence-electron chi connectivity index (χ3n) is 5.08. The van der Waals surface area contributed by atoms with Gasteiger partial charge in [-0.2, -0.15) is 0 Å². The van der Waals surface area contributed by atoms with Crippen molar-refractivity contribution in [2.24, 2.45) is 22.4 Å². The van der Waals surface area contributed by atoms with E-state index in [9.17, 15) is 29.3 Å². The number of guanidine groups is 1. The molecule has 0 aliphatic carbocycles. The van der Waals surface area contributed by atoms with Gasteiger partial charge in [-0.25, -0.2) is 4.79 Å². The highest BCUT2D eigenvalue weighted by Crippen LogP contribution is 2.16. The molecule has 0 heterocycles. The maximum absolute atomic E-state index is 12.9. The van der Waals surface area contributed by atoms with Crippen molar-refractivity contribution in [3.05, 3.63) is 34.4 Å². The minimum atomic E-state index is -1.03. The number of hydrogen-bond donors (Lipinski definition) is 6. The van der Waals surface area contributed by atoms with Crippen LogP contribution in [0.3, 0.4) is 0 Å². The van der Waals surface area contributed by atoms with Crippen molar-refractivity contribution in [1.82, 2.24) is 16.0 Å². The zero-order chi connectivity index (χ0) is 30.5. The number of nitrogens with one attached hydrogen (secondary N) is 4. The number of amides is 4. The number of nitro groups is 1. The monoisotopic (exact) mass is 564 g/mol. The summed E-state index contributed by atoms with van der Waals surface area (Å²) in [7, 11) is 0. The predicted molar refractivity (Wildman–Crippen MR) is 149 cm³/mol. The quantitative estimate of drug-likeness (QED) is 0.0623. The zero-order valence-corrected chi connectivity index (χ0v) is 23.5. The van der Waals surface area contributed by atoms with Gasteiger partial charge in [-0.3, -0.25) is 29.5 Å². The highest BCUT2D eigenvalue weighted by atomic mass is 16.6. The number of anilines is 1. The molecule has 0 aromatic heterocycles. The number of hydrogen-bond acceptors (Lipinski definition) is 8. The number of non-ortho nitro benzene ring substituents is 1. The van der Waals surface area contributed by atoms with E-state index in [-0.39, 0.29) is 36.2 Å². The summed E-state index contributed by atoms with van der Waals surface area (Å²) in [5.41, 5.74) is 10.0. The Kier molecular flexibility index (Phi) is 13.3. The first-order valence-corrected chi connectivity index (χ1v) is 12.7. The van der Waals surface area contributed by atoms with E-state index in [0.29, 0.717) is 12.8 Å². The number of carbonyl (C=O) groups is 4. The Balaban J connectivity index is 2.84. The van der Waals surface area contributed by atoms with Crippen molar-refractivity contribution in [3.63, 3.8) is 0 Å². The van der Waals surface area contributed by atoms with Gasteiger partial charge in [0.05, 0.1) is 11.5 Å². The SMILES string of the molecule is CC(C)CC(NC(=O)OC(C)(C)C)C(=O)NCC(=O)NC(CCCN=C(N)N)C(=O)Nc1ccc([N+](=O)[O-])cc1. The Morgan fingerprint density at radius 3 is 2.17 bits per heavy atom. The average Bonchev–Trinajstić information content (AvgIpc) is 2.82. The third kappa shape index (κ3) is 13.9. The predicted octanol–water partition coefficient (Wildman–Crippen LogP) is 1.13. The molecule has 4 amide bonds. The molecule has 0 aliphatic heterocycles. The summed E-state index contributed by atoms with van der Waals surface area (Å²) in [4.78, 5) is 64.7. The van der Waals surface area contributed by atoms with Crippen molar-refractivity contribution in [1.29, 1.82) is 0 Å². The Hall–Kier alpha value is -4.43. The van der Waals surface area contributed by atoms with Crippen molar-refractivity contribution < 1.29 is 28.8 Å². The Morgan fingerprint density at radius 1 is 1.02 bits per heavy atom. The number of benzene rings is 1. The maximum Gasteiger partial charge on any atom is 0.408 e. The van der Waals surface area contributed by atoms with E-state index in [1.165, 1.54) is 24.3 Å². The highest BCUT2D eigenvalue weighted by Gasteiger charge is 2.26. The van der Waals surface area contributed by atoms with Crippen LogP contribution in [0.4, 0.5) is 16.2 Å². The first-order chi connectivity index (χ1) is 18.6. The number of aliphatic imine (C=N–C) groups is 1. The minimum absolute atomic E-state index is 0.0530. The van der Waals surface area contributed by atoms with Gasteiger partial charge in [-0.15, -0.1) is 0 Å². The second-order valence-electron chi connectivity index (χ2n) is 10.4. The second kappa shape index (κ2) is 15.9. The average molecular weight is 565 g/mol. The molecule has 222 valence electrons. The van der Waals surface area contributed by atoms with Crippen molar-refractivity contribution in [2.75, 3.05) is 18.4 Å². The van der Waals surface area contributed by atoms with Crippen molar-refractivity contribution in [2.45, 2.75) is 71.6 Å². The van der Waals surface area contributed by atoms with Gasteiger partial charge in [0.15, 0.2) is 5.96 Å². The first kappa shape index (κ1) is 33.6. The van der Waals surface area contributed by atoms with Gasteiger partial charge in [0.2, 0.25) is 17.7 Å². The lowest BCUT2D eigenvalue weighted by molar-refractivity contribution is -0.384. The van der Waals surface area contributed by atoms with E-state index in [2.05, 4.69) is 26.3 Å². The van der Waals surface area contributed by atoms with Crippen LogP contribution in [-0.2, 0) is 19.1 Å². The molecule has 40 heavy (non-hydrogen) atoms. The van der Waals surface area contributed by atoms with Gasteiger partial charge in [0, 0.05) is 24.4 Å². The van der Waals surface area contributed by atoms with Crippen LogP contribution in [-0.4, -0.2) is 65.5 Å². The van der Waals surface area contributed by atoms with Crippen LogP contribution >= 0.6 is 0 Å². The molecule has 1 aromatic rings. The largest absolute Gasteiger partial charge is 0.444 e. The fraction of sp³-hybridized carbons (Fsp3) is 0.560. The van der Waals surface area contributed by atoms with Gasteiger partial charge in [0.25, 0.3) is 5.69 Å². The number of alkyl carbamates (subject to hydrolysis) is 1. The van der Waals surface area contributed by atoms with E-state index in [4.69, 9.17) is 16.2 Å². The summed E-state index contributed by atoms with van der Waals surface area (Å²) >= 11 is 0. The fourth-order valence-corrected chi connectivity index (χ4v) is 3.36. The number of nitro benzene ring substituents is 1. The lowest BCUT2D eigenvalue weighted by Crippen LogP contribution is -2.52. The van der Waals surface area contributed by atoms with Crippen LogP contribution < -0.4 is 32.7 Å². The molecule has 0 bridgehead atoms. The summed E-state index contributed by atoms with van der Waals surface area (Å²) in [5.74, 6) is -1.89. The minimum Gasteiger partial charge on any atom is -0.444 e. The summed E-state index contributed by atoms with van der Waals surface area (Å²) < 4.78 is 5.22. The number of ether oxygens (including phenoxy) is 1. The molecule has 0 radical (unpaired) electrons. The molecule has 1 rings (SSSR count). The molecule has 0 saturated heterocycles. The Bertz CT molecular complexity index is 1060. The summed E-state index contributed by atoms with van der Waals surface area (Å²) in [6.45, 7) is 8.59. The van der Waals surface area contributed by atoms with E-state index in [1.807, 2.05) is 13.8 Å². The van der Waals surface area contributed by atoms with Gasteiger partial charge in [0.1, 0.15) is 17.7 Å². The molecule has 2 atom stereocenters. The Morgan fingerprint density at radius 2 is 1.65 bits per heavy atom. The second-order valence-corrected chi connectivity index (χ2v) is 10.4. The molecular formula is C25H40N8O7. The van der Waals surface area contributed by atoms with Crippen LogP contribution in [0.5, 0.6) is 0 Å². The lowest BCUT2D eigenvalue weighted by atomic mass is 10.0. The molecular weight excluding hydrogens is 524 g/mol. The summed E-state index contributed by atoms with van der Waals surface area (Å²) in [6, 6.07) is 3.22. The van der Waals surface area contributed by atoms with Crippen LogP contribution in [0.2, 0.25) is 0 Å². The standard InChI is InChI=1S/C25H40N8O7/c1-15(2)13-19(32-24(37)40-25(3,4)5)21(35)29-14-20(34)31-18(7-6-12-28-23(26)27)22(36)30-16-8-10-17(11-9-16)33(38)39/h8-11,15,18-19H,6-7,12-14H2,1-5H3,(H,29,35)(H,30,36)(H,31,34)(H,32,37)(H4,26,27,28). The van der Waals surface area contributed by atoms with Crippen molar-refractivity contribution in [3.8, 4) is 0 Å². The van der Waals surface area contributed by atoms with Crippen LogP contribution in [0.1, 0.15) is 53.9 Å².